The molecule has 0 aliphatic heterocycles. The van der Waals surface area contributed by atoms with Crippen molar-refractivity contribution < 1.29 is 14.8 Å². The Morgan fingerprint density at radius 2 is 2.00 bits per heavy atom. The van der Waals surface area contributed by atoms with Crippen molar-refractivity contribution in [3.8, 4) is 5.75 Å². The number of nitro benzene ring substituents is 1. The maximum atomic E-state index is 12.0. The molecular formula is C14H20N2O4. The van der Waals surface area contributed by atoms with Crippen LogP contribution in [0.4, 0.5) is 5.69 Å². The molecule has 0 fully saturated rings. The summed E-state index contributed by atoms with van der Waals surface area (Å²) in [5.41, 5.74) is -0.539. The molecule has 1 amide bonds. The van der Waals surface area contributed by atoms with Crippen LogP contribution in [0.3, 0.4) is 0 Å². The van der Waals surface area contributed by atoms with E-state index in [0.717, 1.165) is 18.9 Å². The van der Waals surface area contributed by atoms with Crippen LogP contribution < -0.4 is 5.32 Å². The molecule has 0 aliphatic rings. The van der Waals surface area contributed by atoms with Crippen LogP contribution in [0.1, 0.15) is 44.0 Å². The van der Waals surface area contributed by atoms with E-state index in [4.69, 9.17) is 0 Å². The van der Waals surface area contributed by atoms with Gasteiger partial charge in [-0.05, 0) is 31.7 Å². The highest BCUT2D eigenvalue weighted by molar-refractivity contribution is 5.98. The number of nitrogens with zero attached hydrogens (tertiary/aromatic N) is 1. The Morgan fingerprint density at radius 3 is 2.55 bits per heavy atom. The van der Waals surface area contributed by atoms with E-state index < -0.39 is 22.3 Å². The second kappa shape index (κ2) is 6.88. The molecule has 0 spiro atoms. The van der Waals surface area contributed by atoms with Gasteiger partial charge in [-0.2, -0.15) is 0 Å². The third kappa shape index (κ3) is 4.22. The van der Waals surface area contributed by atoms with Gasteiger partial charge in [-0.1, -0.05) is 19.9 Å². The van der Waals surface area contributed by atoms with E-state index in [1.54, 1.807) is 0 Å². The molecule has 110 valence electrons. The smallest absolute Gasteiger partial charge is 0.311 e. The van der Waals surface area contributed by atoms with Gasteiger partial charge in [0.1, 0.15) is 0 Å². The topological polar surface area (TPSA) is 92.5 Å². The van der Waals surface area contributed by atoms with Crippen LogP contribution >= 0.6 is 0 Å². The Morgan fingerprint density at radius 1 is 1.35 bits per heavy atom. The standard InChI is InChI=1S/C14H20N2O4/c1-9(2)7-8-10(3)15-14(18)11-5-4-6-12(13(11)17)16(19)20/h4-6,9-10,17H,7-8H2,1-3H3,(H,15,18). The third-order valence-electron chi connectivity index (χ3n) is 3.01. The molecule has 0 saturated carbocycles. The van der Waals surface area contributed by atoms with Crippen molar-refractivity contribution in [2.24, 2.45) is 5.92 Å². The molecule has 0 radical (unpaired) electrons. The Hall–Kier alpha value is -2.11. The lowest BCUT2D eigenvalue weighted by Gasteiger charge is -2.15. The fourth-order valence-electron chi connectivity index (χ4n) is 1.82. The van der Waals surface area contributed by atoms with Crippen molar-refractivity contribution in [3.05, 3.63) is 33.9 Å². The number of amides is 1. The predicted octanol–water partition coefficient (Wildman–Crippen LogP) is 2.85. The number of rotatable bonds is 6. The highest BCUT2D eigenvalue weighted by Gasteiger charge is 2.21. The molecule has 1 unspecified atom stereocenters. The van der Waals surface area contributed by atoms with E-state index >= 15 is 0 Å². The maximum absolute atomic E-state index is 12.0. The number of aromatic hydroxyl groups is 1. The van der Waals surface area contributed by atoms with Gasteiger partial charge in [-0.3, -0.25) is 14.9 Å². The molecule has 0 bridgehead atoms. The fourth-order valence-corrected chi connectivity index (χ4v) is 1.82. The summed E-state index contributed by atoms with van der Waals surface area (Å²) in [5, 5.41) is 23.2. The summed E-state index contributed by atoms with van der Waals surface area (Å²) in [6.07, 6.45) is 1.79. The van der Waals surface area contributed by atoms with E-state index in [1.165, 1.54) is 12.1 Å². The highest BCUT2D eigenvalue weighted by Crippen LogP contribution is 2.29. The first kappa shape index (κ1) is 15.9. The normalized spacial score (nSPS) is 12.2. The number of nitro groups is 1. The van der Waals surface area contributed by atoms with Gasteiger partial charge >= 0.3 is 5.69 Å². The van der Waals surface area contributed by atoms with Crippen molar-refractivity contribution in [1.82, 2.24) is 5.32 Å². The van der Waals surface area contributed by atoms with Crippen LogP contribution in [0.25, 0.3) is 0 Å². The molecule has 2 N–H and O–H groups in total. The lowest BCUT2D eigenvalue weighted by molar-refractivity contribution is -0.385. The van der Waals surface area contributed by atoms with Crippen LogP contribution in [0.5, 0.6) is 5.75 Å². The highest BCUT2D eigenvalue weighted by atomic mass is 16.6. The Balaban J connectivity index is 2.78. The SMILES string of the molecule is CC(C)CCC(C)NC(=O)c1cccc([N+](=O)[O-])c1O. The monoisotopic (exact) mass is 280 g/mol. The number of phenols is 1. The quantitative estimate of drug-likeness (QED) is 0.619. The van der Waals surface area contributed by atoms with Crippen molar-refractivity contribution in [1.29, 1.82) is 0 Å². The summed E-state index contributed by atoms with van der Waals surface area (Å²) >= 11 is 0. The largest absolute Gasteiger partial charge is 0.502 e. The number of hydrogen-bond acceptors (Lipinski definition) is 4. The molecule has 6 heteroatoms. The summed E-state index contributed by atoms with van der Waals surface area (Å²) in [4.78, 5) is 22.0. The van der Waals surface area contributed by atoms with Gasteiger partial charge in [0.05, 0.1) is 10.5 Å². The molecule has 1 atom stereocenters. The van der Waals surface area contributed by atoms with Gasteiger partial charge in [0.25, 0.3) is 5.91 Å². The molecule has 0 aromatic heterocycles. The van der Waals surface area contributed by atoms with Crippen molar-refractivity contribution in [2.75, 3.05) is 0 Å². The number of benzene rings is 1. The second-order valence-electron chi connectivity index (χ2n) is 5.28. The molecule has 6 nitrogen and oxygen atoms in total. The molecule has 1 aromatic rings. The minimum Gasteiger partial charge on any atom is -0.502 e. The number of carbonyl (C=O) groups is 1. The van der Waals surface area contributed by atoms with Crippen molar-refractivity contribution >= 4 is 11.6 Å². The van der Waals surface area contributed by atoms with Crippen LogP contribution in [0.15, 0.2) is 18.2 Å². The van der Waals surface area contributed by atoms with Crippen molar-refractivity contribution in [2.45, 2.75) is 39.7 Å². The van der Waals surface area contributed by atoms with E-state index in [1.807, 2.05) is 6.92 Å². The van der Waals surface area contributed by atoms with Gasteiger partial charge in [-0.15, -0.1) is 0 Å². The summed E-state index contributed by atoms with van der Waals surface area (Å²) in [5.74, 6) is -0.547. The third-order valence-corrected chi connectivity index (χ3v) is 3.01. The molecular weight excluding hydrogens is 260 g/mol. The Kier molecular flexibility index (Phi) is 5.49. The molecule has 0 saturated heterocycles. The van der Waals surface area contributed by atoms with E-state index in [9.17, 15) is 20.0 Å². The van der Waals surface area contributed by atoms with Gasteiger partial charge < -0.3 is 10.4 Å². The average molecular weight is 280 g/mol. The number of phenolic OH excluding ortho intramolecular Hbond substituents is 1. The summed E-state index contributed by atoms with van der Waals surface area (Å²) < 4.78 is 0. The van der Waals surface area contributed by atoms with Crippen LogP contribution in [0.2, 0.25) is 0 Å². The first-order valence-corrected chi connectivity index (χ1v) is 6.60. The number of carbonyl (C=O) groups excluding carboxylic acids is 1. The van der Waals surface area contributed by atoms with Gasteiger partial charge in [0.15, 0.2) is 0 Å². The van der Waals surface area contributed by atoms with Crippen LogP contribution in [-0.2, 0) is 0 Å². The fraction of sp³-hybridized carbons (Fsp3) is 0.500. The maximum Gasteiger partial charge on any atom is 0.311 e. The minimum absolute atomic E-state index is 0.0523. The molecule has 0 aliphatic carbocycles. The predicted molar refractivity (Wildman–Crippen MR) is 75.8 cm³/mol. The van der Waals surface area contributed by atoms with E-state index in [-0.39, 0.29) is 11.6 Å². The summed E-state index contributed by atoms with van der Waals surface area (Å²) in [7, 11) is 0. The average Bonchev–Trinajstić information content (AvgIpc) is 2.36. The Bertz CT molecular complexity index is 500. The molecule has 1 aromatic carbocycles. The second-order valence-corrected chi connectivity index (χ2v) is 5.28. The zero-order chi connectivity index (χ0) is 15.3. The number of hydrogen-bond donors (Lipinski definition) is 2. The van der Waals surface area contributed by atoms with Gasteiger partial charge in [-0.25, -0.2) is 0 Å². The first-order valence-electron chi connectivity index (χ1n) is 6.60. The lowest BCUT2D eigenvalue weighted by Crippen LogP contribution is -2.32. The zero-order valence-corrected chi connectivity index (χ0v) is 11.9. The van der Waals surface area contributed by atoms with Gasteiger partial charge in [0.2, 0.25) is 5.75 Å². The Labute approximate surface area is 118 Å². The van der Waals surface area contributed by atoms with E-state index in [2.05, 4.69) is 19.2 Å². The first-order chi connectivity index (χ1) is 9.32. The zero-order valence-electron chi connectivity index (χ0n) is 11.9. The molecule has 20 heavy (non-hydrogen) atoms. The minimum atomic E-state index is -0.714. The molecule has 1 rings (SSSR count). The number of para-hydroxylation sites is 1. The van der Waals surface area contributed by atoms with Gasteiger partial charge in [0, 0.05) is 12.1 Å². The number of nitrogens with one attached hydrogen (secondary N) is 1. The van der Waals surface area contributed by atoms with E-state index in [0.29, 0.717) is 5.92 Å². The summed E-state index contributed by atoms with van der Waals surface area (Å²) in [6, 6.07) is 3.86. The van der Waals surface area contributed by atoms with Crippen LogP contribution in [0, 0.1) is 16.0 Å². The van der Waals surface area contributed by atoms with Crippen LogP contribution in [-0.4, -0.2) is 22.0 Å². The molecule has 0 heterocycles. The summed E-state index contributed by atoms with van der Waals surface area (Å²) in [6.45, 7) is 6.07. The lowest BCUT2D eigenvalue weighted by atomic mass is 10.0. The van der Waals surface area contributed by atoms with Crippen molar-refractivity contribution in [3.63, 3.8) is 0 Å².